The molecule has 1 N–H and O–H groups in total. The fourth-order valence-electron chi connectivity index (χ4n) is 2.08. The van der Waals surface area contributed by atoms with Gasteiger partial charge in [0.1, 0.15) is 5.82 Å². The Morgan fingerprint density at radius 2 is 1.82 bits per heavy atom. The summed E-state index contributed by atoms with van der Waals surface area (Å²) >= 11 is 0. The van der Waals surface area contributed by atoms with E-state index >= 15 is 0 Å². The molecule has 3 nitrogen and oxygen atoms in total. The van der Waals surface area contributed by atoms with E-state index < -0.39 is 0 Å². The van der Waals surface area contributed by atoms with Crippen LogP contribution in [0.1, 0.15) is 51.3 Å². The molecule has 1 aromatic heterocycles. The van der Waals surface area contributed by atoms with E-state index in [1.165, 1.54) is 0 Å². The van der Waals surface area contributed by atoms with Crippen LogP contribution in [-0.4, -0.2) is 10.5 Å². The molecule has 0 bridgehead atoms. The smallest absolute Gasteiger partial charge is 0.127 e. The Morgan fingerprint density at radius 1 is 1.24 bits per heavy atom. The molecule has 0 amide bonds. The molecule has 0 aliphatic heterocycles. The average molecular weight is 231 g/mol. The fourth-order valence-corrected chi connectivity index (χ4v) is 2.08. The molecule has 0 radical (unpaired) electrons. The van der Waals surface area contributed by atoms with Crippen LogP contribution in [-0.2, 0) is 0 Å². The number of nitriles is 1. The first-order chi connectivity index (χ1) is 8.09. The van der Waals surface area contributed by atoms with Crippen LogP contribution in [0.25, 0.3) is 0 Å². The summed E-state index contributed by atoms with van der Waals surface area (Å²) in [4.78, 5) is 4.45. The van der Waals surface area contributed by atoms with Crippen molar-refractivity contribution in [3.8, 4) is 6.07 Å². The summed E-state index contributed by atoms with van der Waals surface area (Å²) in [7, 11) is 0. The summed E-state index contributed by atoms with van der Waals surface area (Å²) in [5.41, 5.74) is 1.63. The molecular formula is C14H21N3. The number of hydrogen-bond donors (Lipinski definition) is 1. The van der Waals surface area contributed by atoms with Crippen LogP contribution in [0.4, 0.5) is 5.82 Å². The van der Waals surface area contributed by atoms with Crippen molar-refractivity contribution in [1.82, 2.24) is 4.98 Å². The summed E-state index contributed by atoms with van der Waals surface area (Å²) in [6.07, 6.45) is 3.16. The minimum Gasteiger partial charge on any atom is -0.365 e. The van der Waals surface area contributed by atoms with E-state index in [0.29, 0.717) is 5.56 Å². The zero-order valence-corrected chi connectivity index (χ0v) is 11.2. The van der Waals surface area contributed by atoms with Gasteiger partial charge in [-0.25, -0.2) is 4.98 Å². The largest absolute Gasteiger partial charge is 0.365 e. The van der Waals surface area contributed by atoms with Gasteiger partial charge in [-0.3, -0.25) is 0 Å². The van der Waals surface area contributed by atoms with Crippen LogP contribution in [0.5, 0.6) is 0 Å². The fraction of sp³-hybridized carbons (Fsp3) is 0.571. The zero-order chi connectivity index (χ0) is 12.9. The van der Waals surface area contributed by atoms with E-state index in [0.717, 1.165) is 30.8 Å². The van der Waals surface area contributed by atoms with Crippen molar-refractivity contribution in [1.29, 1.82) is 5.26 Å². The third-order valence-electron chi connectivity index (χ3n) is 3.51. The van der Waals surface area contributed by atoms with E-state index in [9.17, 15) is 0 Å². The number of rotatable bonds is 5. The number of aromatic nitrogens is 1. The monoisotopic (exact) mass is 231 g/mol. The van der Waals surface area contributed by atoms with Crippen LogP contribution in [0.2, 0.25) is 0 Å². The minimum absolute atomic E-state index is 0.0908. The lowest BCUT2D eigenvalue weighted by molar-refractivity contribution is 0.419. The van der Waals surface area contributed by atoms with E-state index in [2.05, 4.69) is 37.1 Å². The predicted molar refractivity (Wildman–Crippen MR) is 70.9 cm³/mol. The lowest BCUT2D eigenvalue weighted by Gasteiger charge is -2.32. The summed E-state index contributed by atoms with van der Waals surface area (Å²) in [6.45, 7) is 8.46. The second-order valence-corrected chi connectivity index (χ2v) is 4.46. The summed E-state index contributed by atoms with van der Waals surface area (Å²) < 4.78 is 0. The molecule has 3 heteroatoms. The molecule has 0 saturated carbocycles. The van der Waals surface area contributed by atoms with E-state index in [1.54, 1.807) is 6.07 Å². The highest BCUT2D eigenvalue weighted by Crippen LogP contribution is 2.25. The van der Waals surface area contributed by atoms with Crippen molar-refractivity contribution in [2.75, 3.05) is 5.32 Å². The highest BCUT2D eigenvalue weighted by Gasteiger charge is 2.23. The quantitative estimate of drug-likeness (QED) is 0.841. The molecule has 0 spiro atoms. The molecule has 1 heterocycles. The first-order valence-corrected chi connectivity index (χ1v) is 6.26. The minimum atomic E-state index is 0.0908. The van der Waals surface area contributed by atoms with Crippen LogP contribution < -0.4 is 5.32 Å². The number of nitrogens with zero attached hydrogens (tertiary/aromatic N) is 2. The van der Waals surface area contributed by atoms with Crippen LogP contribution in [0, 0.1) is 18.3 Å². The Bertz CT molecular complexity index is 406. The Kier molecular flexibility index (Phi) is 4.51. The van der Waals surface area contributed by atoms with Gasteiger partial charge in [0, 0.05) is 11.2 Å². The number of anilines is 1. The molecule has 0 aliphatic rings. The Labute approximate surface area is 104 Å². The Balaban J connectivity index is 3.02. The lowest BCUT2D eigenvalue weighted by atomic mass is 9.90. The second kappa shape index (κ2) is 5.67. The maximum Gasteiger partial charge on any atom is 0.127 e. The SMILES string of the molecule is CCC(CC)(CC)Nc1cc(C#N)cc(C)n1. The van der Waals surface area contributed by atoms with Gasteiger partial charge in [0.2, 0.25) is 0 Å². The number of nitrogens with one attached hydrogen (secondary N) is 1. The van der Waals surface area contributed by atoms with Crippen molar-refractivity contribution in [3.05, 3.63) is 23.4 Å². The van der Waals surface area contributed by atoms with Crippen molar-refractivity contribution in [2.45, 2.75) is 52.5 Å². The predicted octanol–water partition coefficient (Wildman–Crippen LogP) is 3.64. The van der Waals surface area contributed by atoms with Crippen LogP contribution in [0.3, 0.4) is 0 Å². The number of pyridine rings is 1. The molecule has 17 heavy (non-hydrogen) atoms. The molecule has 0 atom stereocenters. The highest BCUT2D eigenvalue weighted by atomic mass is 15.1. The highest BCUT2D eigenvalue weighted by molar-refractivity contribution is 5.46. The molecule has 0 aromatic carbocycles. The Morgan fingerprint density at radius 3 is 2.29 bits per heavy atom. The van der Waals surface area contributed by atoms with Gasteiger partial charge in [0.15, 0.2) is 0 Å². The van der Waals surface area contributed by atoms with Gasteiger partial charge in [-0.2, -0.15) is 5.26 Å². The maximum atomic E-state index is 8.95. The summed E-state index contributed by atoms with van der Waals surface area (Å²) in [6, 6.07) is 5.79. The van der Waals surface area contributed by atoms with E-state index in [-0.39, 0.29) is 5.54 Å². The normalized spacial score (nSPS) is 11.0. The summed E-state index contributed by atoms with van der Waals surface area (Å²) in [5, 5.41) is 12.4. The lowest BCUT2D eigenvalue weighted by Crippen LogP contribution is -2.36. The maximum absolute atomic E-state index is 8.95. The van der Waals surface area contributed by atoms with Gasteiger partial charge in [0.25, 0.3) is 0 Å². The van der Waals surface area contributed by atoms with Gasteiger partial charge < -0.3 is 5.32 Å². The van der Waals surface area contributed by atoms with Crippen molar-refractivity contribution in [3.63, 3.8) is 0 Å². The van der Waals surface area contributed by atoms with Crippen molar-refractivity contribution < 1.29 is 0 Å². The zero-order valence-electron chi connectivity index (χ0n) is 11.2. The van der Waals surface area contributed by atoms with Crippen LogP contribution >= 0.6 is 0 Å². The first kappa shape index (κ1) is 13.5. The number of aryl methyl sites for hydroxylation is 1. The molecule has 0 saturated heterocycles. The molecule has 0 fully saturated rings. The number of hydrogen-bond acceptors (Lipinski definition) is 3. The molecule has 1 aromatic rings. The van der Waals surface area contributed by atoms with Gasteiger partial charge in [-0.15, -0.1) is 0 Å². The van der Waals surface area contributed by atoms with Crippen molar-refractivity contribution >= 4 is 5.82 Å². The average Bonchev–Trinajstić information content (AvgIpc) is 2.35. The van der Waals surface area contributed by atoms with Gasteiger partial charge >= 0.3 is 0 Å². The van der Waals surface area contributed by atoms with Gasteiger partial charge in [0.05, 0.1) is 11.6 Å². The van der Waals surface area contributed by atoms with Gasteiger partial charge in [-0.1, -0.05) is 20.8 Å². The van der Waals surface area contributed by atoms with Crippen molar-refractivity contribution in [2.24, 2.45) is 0 Å². The van der Waals surface area contributed by atoms with Crippen LogP contribution in [0.15, 0.2) is 12.1 Å². The summed E-state index contributed by atoms with van der Waals surface area (Å²) in [5.74, 6) is 0.812. The van der Waals surface area contributed by atoms with E-state index in [4.69, 9.17) is 5.26 Å². The topological polar surface area (TPSA) is 48.7 Å². The third kappa shape index (κ3) is 3.20. The second-order valence-electron chi connectivity index (χ2n) is 4.46. The Hall–Kier alpha value is -1.56. The third-order valence-corrected chi connectivity index (χ3v) is 3.51. The molecule has 0 unspecified atom stereocenters. The first-order valence-electron chi connectivity index (χ1n) is 6.26. The molecule has 1 rings (SSSR count). The molecule has 92 valence electrons. The molecular weight excluding hydrogens is 210 g/mol. The molecule has 0 aliphatic carbocycles. The van der Waals surface area contributed by atoms with E-state index in [1.807, 2.05) is 13.0 Å². The standard InChI is InChI=1S/C14H21N3/c1-5-14(6-2,7-3)17-13-9-12(10-15)8-11(4)16-13/h8-9H,5-7H2,1-4H3,(H,16,17). The van der Waals surface area contributed by atoms with Gasteiger partial charge in [-0.05, 0) is 38.3 Å².